The number of aromatic nitrogens is 1. The number of hydrogen-bond donors (Lipinski definition) is 3. The normalized spacial score (nSPS) is 11.9. The van der Waals surface area contributed by atoms with Crippen molar-refractivity contribution in [1.82, 2.24) is 4.98 Å². The SMILES string of the molecule is CCC(CC(=O)O)Nc1nc(C)cc(C)c1C(N)=O. The van der Waals surface area contributed by atoms with Gasteiger partial charge < -0.3 is 16.2 Å². The van der Waals surface area contributed by atoms with Crippen molar-refractivity contribution in [3.63, 3.8) is 0 Å². The standard InChI is InChI=1S/C13H19N3O3/c1-4-9(6-10(17)18)16-13-11(12(14)19)7(2)5-8(3)15-13/h5,9H,4,6H2,1-3H3,(H2,14,19)(H,15,16)(H,17,18). The molecule has 0 aliphatic rings. The first-order valence-electron chi connectivity index (χ1n) is 6.11. The molecule has 0 aliphatic carbocycles. The van der Waals surface area contributed by atoms with Gasteiger partial charge in [-0.05, 0) is 31.9 Å². The van der Waals surface area contributed by atoms with Crippen molar-refractivity contribution in [2.45, 2.75) is 39.7 Å². The highest BCUT2D eigenvalue weighted by Crippen LogP contribution is 2.20. The first-order valence-corrected chi connectivity index (χ1v) is 6.11. The van der Waals surface area contributed by atoms with E-state index in [1.54, 1.807) is 19.9 Å². The second-order valence-electron chi connectivity index (χ2n) is 4.52. The lowest BCUT2D eigenvalue weighted by Gasteiger charge is -2.18. The van der Waals surface area contributed by atoms with Gasteiger partial charge in [-0.1, -0.05) is 6.92 Å². The van der Waals surface area contributed by atoms with Gasteiger partial charge in [-0.2, -0.15) is 0 Å². The third-order valence-electron chi connectivity index (χ3n) is 2.85. The Morgan fingerprint density at radius 1 is 1.47 bits per heavy atom. The zero-order valence-corrected chi connectivity index (χ0v) is 11.4. The fourth-order valence-corrected chi connectivity index (χ4v) is 1.95. The number of hydrogen-bond acceptors (Lipinski definition) is 4. The van der Waals surface area contributed by atoms with E-state index >= 15 is 0 Å². The largest absolute Gasteiger partial charge is 0.481 e. The minimum Gasteiger partial charge on any atom is -0.481 e. The van der Waals surface area contributed by atoms with Gasteiger partial charge in [0.1, 0.15) is 5.82 Å². The second-order valence-corrected chi connectivity index (χ2v) is 4.52. The molecule has 6 heteroatoms. The second kappa shape index (κ2) is 6.17. The van der Waals surface area contributed by atoms with Gasteiger partial charge in [0.2, 0.25) is 0 Å². The maximum atomic E-state index is 11.5. The Hall–Kier alpha value is -2.11. The number of aliphatic carboxylic acids is 1. The topological polar surface area (TPSA) is 105 Å². The Bertz CT molecular complexity index is 500. The summed E-state index contributed by atoms with van der Waals surface area (Å²) < 4.78 is 0. The number of amides is 1. The number of carboxylic acids is 1. The van der Waals surface area contributed by atoms with Crippen molar-refractivity contribution in [2.75, 3.05) is 5.32 Å². The smallest absolute Gasteiger partial charge is 0.305 e. The summed E-state index contributed by atoms with van der Waals surface area (Å²) in [5.74, 6) is -1.11. The van der Waals surface area contributed by atoms with Crippen molar-refractivity contribution in [3.8, 4) is 0 Å². The number of carboxylic acid groups (broad SMARTS) is 1. The predicted molar refractivity (Wildman–Crippen MR) is 72.2 cm³/mol. The summed E-state index contributed by atoms with van der Waals surface area (Å²) in [4.78, 5) is 26.5. The molecule has 1 aromatic heterocycles. The molecule has 104 valence electrons. The van der Waals surface area contributed by atoms with Crippen LogP contribution in [0.15, 0.2) is 6.07 Å². The van der Waals surface area contributed by atoms with Crippen LogP contribution in [0.25, 0.3) is 0 Å². The lowest BCUT2D eigenvalue weighted by molar-refractivity contribution is -0.137. The molecule has 0 spiro atoms. The van der Waals surface area contributed by atoms with E-state index in [0.717, 1.165) is 11.3 Å². The van der Waals surface area contributed by atoms with Crippen molar-refractivity contribution in [1.29, 1.82) is 0 Å². The number of rotatable bonds is 6. The minimum atomic E-state index is -0.899. The highest BCUT2D eigenvalue weighted by Gasteiger charge is 2.18. The molecule has 1 amide bonds. The third kappa shape index (κ3) is 3.94. The summed E-state index contributed by atoms with van der Waals surface area (Å²) >= 11 is 0. The van der Waals surface area contributed by atoms with Crippen LogP contribution in [0.1, 0.15) is 41.4 Å². The Morgan fingerprint density at radius 3 is 2.58 bits per heavy atom. The first kappa shape index (κ1) is 14.9. The predicted octanol–water partition coefficient (Wildman–Crippen LogP) is 1.46. The Kier molecular flexibility index (Phi) is 4.86. The van der Waals surface area contributed by atoms with Crippen LogP contribution in [0.2, 0.25) is 0 Å². The Balaban J connectivity index is 3.11. The van der Waals surface area contributed by atoms with Crippen molar-refractivity contribution >= 4 is 17.7 Å². The van der Waals surface area contributed by atoms with E-state index in [9.17, 15) is 9.59 Å². The molecular weight excluding hydrogens is 246 g/mol. The van der Waals surface area contributed by atoms with E-state index < -0.39 is 11.9 Å². The van der Waals surface area contributed by atoms with Gasteiger partial charge in [-0.25, -0.2) is 4.98 Å². The molecule has 6 nitrogen and oxygen atoms in total. The van der Waals surface area contributed by atoms with Crippen LogP contribution in [0.5, 0.6) is 0 Å². The van der Waals surface area contributed by atoms with Crippen LogP contribution >= 0.6 is 0 Å². The van der Waals surface area contributed by atoms with Crippen molar-refractivity contribution < 1.29 is 14.7 Å². The van der Waals surface area contributed by atoms with Gasteiger partial charge in [-0.15, -0.1) is 0 Å². The van der Waals surface area contributed by atoms with E-state index in [1.807, 2.05) is 6.92 Å². The molecule has 1 unspecified atom stereocenters. The summed E-state index contributed by atoms with van der Waals surface area (Å²) in [5, 5.41) is 11.8. The Morgan fingerprint density at radius 2 is 2.11 bits per heavy atom. The van der Waals surface area contributed by atoms with Crippen LogP contribution < -0.4 is 11.1 Å². The van der Waals surface area contributed by atoms with Gasteiger partial charge in [0, 0.05) is 11.7 Å². The minimum absolute atomic E-state index is 0.0383. The average Bonchev–Trinajstić information content (AvgIpc) is 2.25. The first-order chi connectivity index (χ1) is 8.85. The molecule has 0 saturated carbocycles. The van der Waals surface area contributed by atoms with Crippen LogP contribution in [0.4, 0.5) is 5.82 Å². The molecule has 1 atom stereocenters. The number of aryl methyl sites for hydroxylation is 2. The van der Waals surface area contributed by atoms with Gasteiger partial charge in [0.05, 0.1) is 12.0 Å². The van der Waals surface area contributed by atoms with E-state index in [-0.39, 0.29) is 12.5 Å². The zero-order valence-electron chi connectivity index (χ0n) is 11.4. The molecular formula is C13H19N3O3. The van der Waals surface area contributed by atoms with Crippen LogP contribution in [0, 0.1) is 13.8 Å². The van der Waals surface area contributed by atoms with Crippen molar-refractivity contribution in [2.24, 2.45) is 5.73 Å². The van der Waals surface area contributed by atoms with Crippen LogP contribution in [-0.2, 0) is 4.79 Å². The monoisotopic (exact) mass is 265 g/mol. The summed E-state index contributed by atoms with van der Waals surface area (Å²) in [6, 6.07) is 1.48. The van der Waals surface area contributed by atoms with E-state index in [4.69, 9.17) is 10.8 Å². The number of pyridine rings is 1. The van der Waals surface area contributed by atoms with E-state index in [0.29, 0.717) is 17.8 Å². The molecule has 0 fully saturated rings. The summed E-state index contributed by atoms with van der Waals surface area (Å²) in [5.41, 5.74) is 7.14. The van der Waals surface area contributed by atoms with Crippen LogP contribution in [-0.4, -0.2) is 28.0 Å². The molecule has 0 aromatic carbocycles. The maximum Gasteiger partial charge on any atom is 0.305 e. The molecule has 1 aromatic rings. The molecule has 0 radical (unpaired) electrons. The number of primary amides is 1. The average molecular weight is 265 g/mol. The number of nitrogens with zero attached hydrogens (tertiary/aromatic N) is 1. The molecule has 4 N–H and O–H groups in total. The lowest BCUT2D eigenvalue weighted by Crippen LogP contribution is -2.26. The van der Waals surface area contributed by atoms with Gasteiger partial charge in [0.25, 0.3) is 5.91 Å². The molecule has 0 aliphatic heterocycles. The van der Waals surface area contributed by atoms with Crippen molar-refractivity contribution in [3.05, 3.63) is 22.9 Å². The lowest BCUT2D eigenvalue weighted by atomic mass is 10.1. The molecule has 1 rings (SSSR count). The third-order valence-corrected chi connectivity index (χ3v) is 2.85. The summed E-state index contributed by atoms with van der Waals surface area (Å²) in [6.45, 7) is 5.45. The molecule has 1 heterocycles. The van der Waals surface area contributed by atoms with Crippen LogP contribution in [0.3, 0.4) is 0 Å². The van der Waals surface area contributed by atoms with Gasteiger partial charge >= 0.3 is 5.97 Å². The zero-order chi connectivity index (χ0) is 14.6. The fourth-order valence-electron chi connectivity index (χ4n) is 1.95. The quantitative estimate of drug-likeness (QED) is 0.722. The Labute approximate surface area is 112 Å². The summed E-state index contributed by atoms with van der Waals surface area (Å²) in [6.07, 6.45) is 0.572. The van der Waals surface area contributed by atoms with E-state index in [2.05, 4.69) is 10.3 Å². The number of nitrogens with two attached hydrogens (primary N) is 1. The number of carbonyl (C=O) groups excluding carboxylic acids is 1. The highest BCUT2D eigenvalue weighted by atomic mass is 16.4. The number of nitrogens with one attached hydrogen (secondary N) is 1. The molecule has 0 bridgehead atoms. The highest BCUT2D eigenvalue weighted by molar-refractivity contribution is 5.99. The fraction of sp³-hybridized carbons (Fsp3) is 0.462. The maximum absolute atomic E-state index is 11.5. The molecule has 19 heavy (non-hydrogen) atoms. The molecule has 0 saturated heterocycles. The summed E-state index contributed by atoms with van der Waals surface area (Å²) in [7, 11) is 0. The van der Waals surface area contributed by atoms with E-state index in [1.165, 1.54) is 0 Å². The van der Waals surface area contributed by atoms with Gasteiger partial charge in [-0.3, -0.25) is 9.59 Å². The number of anilines is 1. The van der Waals surface area contributed by atoms with Gasteiger partial charge in [0.15, 0.2) is 0 Å². The number of carbonyl (C=O) groups is 2.